The predicted molar refractivity (Wildman–Crippen MR) is 71.1 cm³/mol. The summed E-state index contributed by atoms with van der Waals surface area (Å²) in [7, 11) is 3.45. The van der Waals surface area contributed by atoms with Gasteiger partial charge in [-0.05, 0) is 30.7 Å². The van der Waals surface area contributed by atoms with E-state index < -0.39 is 12.1 Å². The average Bonchev–Trinajstić information content (AvgIpc) is 2.79. The molecule has 0 bridgehead atoms. The number of esters is 1. The highest BCUT2D eigenvalue weighted by Crippen LogP contribution is 2.30. The number of rotatable bonds is 4. The fraction of sp³-hybridized carbons (Fsp3) is 0.357. The Morgan fingerprint density at radius 3 is 2.84 bits per heavy atom. The zero-order valence-electron chi connectivity index (χ0n) is 11.2. The molecule has 0 saturated heterocycles. The molecule has 1 heterocycles. The van der Waals surface area contributed by atoms with Gasteiger partial charge in [0.1, 0.15) is 5.75 Å². The average molecular weight is 263 g/mol. The molecule has 1 aromatic carbocycles. The minimum absolute atomic E-state index is 0.236. The lowest BCUT2D eigenvalue weighted by molar-refractivity contribution is -0.153. The van der Waals surface area contributed by atoms with Crippen LogP contribution in [0.15, 0.2) is 24.4 Å². The van der Waals surface area contributed by atoms with Crippen LogP contribution >= 0.6 is 0 Å². The minimum Gasteiger partial charge on any atom is -0.496 e. The van der Waals surface area contributed by atoms with Gasteiger partial charge in [-0.25, -0.2) is 4.79 Å². The number of fused-ring (bicyclic) bond motifs is 1. The molecule has 0 aliphatic rings. The van der Waals surface area contributed by atoms with E-state index in [0.29, 0.717) is 11.3 Å². The molecule has 0 saturated carbocycles. The van der Waals surface area contributed by atoms with Crippen LogP contribution in [-0.4, -0.2) is 29.4 Å². The Labute approximate surface area is 111 Å². The maximum atomic E-state index is 11.6. The Hall–Kier alpha value is -2.01. The Morgan fingerprint density at radius 1 is 1.47 bits per heavy atom. The molecule has 2 rings (SSSR count). The summed E-state index contributed by atoms with van der Waals surface area (Å²) < 4.78 is 12.0. The highest BCUT2D eigenvalue weighted by molar-refractivity contribution is 5.89. The summed E-state index contributed by atoms with van der Waals surface area (Å²) in [5.41, 5.74) is 1.35. The molecule has 0 spiro atoms. The fourth-order valence-corrected chi connectivity index (χ4v) is 2.04. The van der Waals surface area contributed by atoms with E-state index in [1.807, 2.05) is 23.9 Å². The molecular weight excluding hydrogens is 246 g/mol. The van der Waals surface area contributed by atoms with Gasteiger partial charge in [-0.3, -0.25) is 0 Å². The molecule has 0 aliphatic heterocycles. The largest absolute Gasteiger partial charge is 0.496 e. The van der Waals surface area contributed by atoms with Crippen LogP contribution in [0.4, 0.5) is 0 Å². The SMILES string of the molecule is CCOC(=O)C(O)c1cc(OC)c2ccn(C)c2c1. The number of carbonyl (C=O) groups is 1. The lowest BCUT2D eigenvalue weighted by atomic mass is 10.1. The number of aliphatic hydroxyl groups is 1. The van der Waals surface area contributed by atoms with Crippen molar-refractivity contribution in [1.29, 1.82) is 0 Å². The van der Waals surface area contributed by atoms with Gasteiger partial charge in [-0.15, -0.1) is 0 Å². The first-order valence-corrected chi connectivity index (χ1v) is 6.06. The molecule has 1 N–H and O–H groups in total. The number of benzene rings is 1. The molecule has 1 aromatic heterocycles. The molecule has 102 valence electrons. The summed E-state index contributed by atoms with van der Waals surface area (Å²) in [5.74, 6) is -0.0328. The Bertz CT molecular complexity index is 603. The smallest absolute Gasteiger partial charge is 0.339 e. The third-order valence-corrected chi connectivity index (χ3v) is 3.03. The molecule has 0 radical (unpaired) electrons. The number of hydrogen-bond acceptors (Lipinski definition) is 4. The number of ether oxygens (including phenoxy) is 2. The first-order chi connectivity index (χ1) is 9.08. The van der Waals surface area contributed by atoms with Crippen molar-refractivity contribution >= 4 is 16.9 Å². The quantitative estimate of drug-likeness (QED) is 0.854. The van der Waals surface area contributed by atoms with Crippen molar-refractivity contribution in [2.24, 2.45) is 7.05 Å². The van der Waals surface area contributed by atoms with Crippen LogP contribution in [0.1, 0.15) is 18.6 Å². The van der Waals surface area contributed by atoms with Crippen molar-refractivity contribution in [3.63, 3.8) is 0 Å². The van der Waals surface area contributed by atoms with Gasteiger partial charge in [0.05, 0.1) is 19.2 Å². The third kappa shape index (κ3) is 2.42. The van der Waals surface area contributed by atoms with Crippen LogP contribution in [-0.2, 0) is 16.6 Å². The van der Waals surface area contributed by atoms with Gasteiger partial charge in [0.15, 0.2) is 6.10 Å². The Kier molecular flexibility index (Phi) is 3.76. The van der Waals surface area contributed by atoms with Gasteiger partial charge in [0, 0.05) is 18.6 Å². The van der Waals surface area contributed by atoms with Gasteiger partial charge < -0.3 is 19.1 Å². The number of methoxy groups -OCH3 is 1. The lowest BCUT2D eigenvalue weighted by Crippen LogP contribution is -2.15. The normalized spacial score (nSPS) is 12.4. The van der Waals surface area contributed by atoms with Crippen LogP contribution in [0.3, 0.4) is 0 Å². The third-order valence-electron chi connectivity index (χ3n) is 3.03. The van der Waals surface area contributed by atoms with Gasteiger partial charge in [0.2, 0.25) is 0 Å². The lowest BCUT2D eigenvalue weighted by Gasteiger charge is -2.12. The second-order valence-corrected chi connectivity index (χ2v) is 4.24. The van der Waals surface area contributed by atoms with Crippen molar-refractivity contribution < 1.29 is 19.4 Å². The van der Waals surface area contributed by atoms with Crippen molar-refractivity contribution in [3.05, 3.63) is 30.0 Å². The van der Waals surface area contributed by atoms with Gasteiger partial charge in [-0.2, -0.15) is 0 Å². The van der Waals surface area contributed by atoms with E-state index in [9.17, 15) is 9.90 Å². The molecule has 1 atom stereocenters. The maximum absolute atomic E-state index is 11.6. The summed E-state index contributed by atoms with van der Waals surface area (Å²) >= 11 is 0. The van der Waals surface area contributed by atoms with Crippen molar-refractivity contribution in [3.8, 4) is 5.75 Å². The standard InChI is InChI=1S/C14H17NO4/c1-4-19-14(17)13(16)9-7-11-10(5-6-15(11)2)12(8-9)18-3/h5-8,13,16H,4H2,1-3H3. The maximum Gasteiger partial charge on any atom is 0.339 e. The monoisotopic (exact) mass is 263 g/mol. The molecule has 0 fully saturated rings. The summed E-state index contributed by atoms with van der Waals surface area (Å²) in [4.78, 5) is 11.6. The predicted octanol–water partition coefficient (Wildman–Crippen LogP) is 1.78. The van der Waals surface area contributed by atoms with Crippen LogP contribution in [0, 0.1) is 0 Å². The Morgan fingerprint density at radius 2 is 2.21 bits per heavy atom. The summed E-state index contributed by atoms with van der Waals surface area (Å²) in [5, 5.41) is 10.9. The number of nitrogens with zero attached hydrogens (tertiary/aromatic N) is 1. The number of hydrogen-bond donors (Lipinski definition) is 1. The van der Waals surface area contributed by atoms with E-state index in [1.54, 1.807) is 26.2 Å². The number of aryl methyl sites for hydroxylation is 1. The van der Waals surface area contributed by atoms with E-state index in [2.05, 4.69) is 0 Å². The summed E-state index contributed by atoms with van der Waals surface area (Å²) in [6.07, 6.45) is 0.599. The van der Waals surface area contributed by atoms with Gasteiger partial charge >= 0.3 is 5.97 Å². The second-order valence-electron chi connectivity index (χ2n) is 4.24. The molecule has 5 nitrogen and oxygen atoms in total. The van der Waals surface area contributed by atoms with Crippen molar-refractivity contribution in [2.75, 3.05) is 13.7 Å². The molecule has 2 aromatic rings. The fourth-order valence-electron chi connectivity index (χ4n) is 2.04. The first kappa shape index (κ1) is 13.4. The summed E-state index contributed by atoms with van der Waals surface area (Å²) in [6, 6.07) is 5.35. The topological polar surface area (TPSA) is 60.7 Å². The van der Waals surface area contributed by atoms with Crippen LogP contribution in [0.25, 0.3) is 10.9 Å². The van der Waals surface area contributed by atoms with Gasteiger partial charge in [-0.1, -0.05) is 0 Å². The molecular formula is C14H17NO4. The van der Waals surface area contributed by atoms with E-state index in [-0.39, 0.29) is 6.61 Å². The second kappa shape index (κ2) is 5.32. The zero-order valence-corrected chi connectivity index (χ0v) is 11.2. The van der Waals surface area contributed by atoms with E-state index in [1.165, 1.54) is 0 Å². The highest BCUT2D eigenvalue weighted by Gasteiger charge is 2.21. The van der Waals surface area contributed by atoms with Crippen molar-refractivity contribution in [2.45, 2.75) is 13.0 Å². The van der Waals surface area contributed by atoms with Crippen LogP contribution < -0.4 is 4.74 Å². The highest BCUT2D eigenvalue weighted by atomic mass is 16.5. The van der Waals surface area contributed by atoms with Crippen LogP contribution in [0.2, 0.25) is 0 Å². The molecule has 1 unspecified atom stereocenters. The molecule has 0 amide bonds. The first-order valence-electron chi connectivity index (χ1n) is 6.06. The molecule has 19 heavy (non-hydrogen) atoms. The van der Waals surface area contributed by atoms with E-state index >= 15 is 0 Å². The number of carbonyl (C=O) groups excluding carboxylic acids is 1. The molecule has 0 aliphatic carbocycles. The minimum atomic E-state index is -1.30. The van der Waals surface area contributed by atoms with Crippen LogP contribution in [0.5, 0.6) is 5.75 Å². The van der Waals surface area contributed by atoms with Crippen molar-refractivity contribution in [1.82, 2.24) is 4.57 Å². The summed E-state index contributed by atoms with van der Waals surface area (Å²) in [6.45, 7) is 1.94. The molecule has 5 heteroatoms. The Balaban J connectivity index is 2.49. The van der Waals surface area contributed by atoms with Gasteiger partial charge in [0.25, 0.3) is 0 Å². The van der Waals surface area contributed by atoms with E-state index in [4.69, 9.17) is 9.47 Å². The number of aromatic nitrogens is 1. The zero-order chi connectivity index (χ0) is 14.0. The van der Waals surface area contributed by atoms with E-state index in [0.717, 1.165) is 10.9 Å². The number of aliphatic hydroxyl groups excluding tert-OH is 1.